The maximum Gasteiger partial charge on any atom is 0.331 e. The number of ether oxygens (including phenoxy) is 6. The Morgan fingerprint density at radius 3 is 2.58 bits per heavy atom. The Labute approximate surface area is 214 Å². The van der Waals surface area contributed by atoms with Gasteiger partial charge >= 0.3 is 5.97 Å². The summed E-state index contributed by atoms with van der Waals surface area (Å²) in [5.41, 5.74) is 1.49. The second-order valence-corrected chi connectivity index (χ2v) is 10.8. The summed E-state index contributed by atoms with van der Waals surface area (Å²) in [6.45, 7) is 10.9. The maximum atomic E-state index is 12.8. The van der Waals surface area contributed by atoms with E-state index in [-0.39, 0.29) is 41.5 Å². The molecule has 1 saturated carbocycles. The predicted octanol–water partition coefficient (Wildman–Crippen LogP) is 5.12. The molecule has 2 aliphatic heterocycles. The summed E-state index contributed by atoms with van der Waals surface area (Å²) in [7, 11) is 3.28. The normalized spacial score (nSPS) is 33.0. The summed E-state index contributed by atoms with van der Waals surface area (Å²) in [6.07, 6.45) is 7.21. The van der Waals surface area contributed by atoms with Gasteiger partial charge in [0.15, 0.2) is 11.5 Å². The van der Waals surface area contributed by atoms with E-state index >= 15 is 0 Å². The van der Waals surface area contributed by atoms with Gasteiger partial charge < -0.3 is 28.4 Å². The lowest BCUT2D eigenvalue weighted by Gasteiger charge is -2.42. The zero-order valence-corrected chi connectivity index (χ0v) is 22.5. The van der Waals surface area contributed by atoms with Gasteiger partial charge in [-0.05, 0) is 77.7 Å². The number of benzene rings is 1. The molecule has 1 aliphatic carbocycles. The SMILES string of the molecule is COc1ccc(/C=C/C(=O)O[C@@H]2CCC3(CO3)[C@@H](C3(C)O[C@H]3CC=C(C)C)[C@@H]2OC)cc1OC(C)C. The quantitative estimate of drug-likeness (QED) is 0.191. The number of methoxy groups -OCH3 is 2. The maximum absolute atomic E-state index is 12.8. The van der Waals surface area contributed by atoms with Gasteiger partial charge in [0, 0.05) is 13.2 Å². The molecule has 1 aromatic rings. The van der Waals surface area contributed by atoms with Gasteiger partial charge in [0.1, 0.15) is 23.4 Å². The Morgan fingerprint density at radius 2 is 1.97 bits per heavy atom. The Hall–Kier alpha value is -2.35. The molecule has 3 fully saturated rings. The fraction of sp³-hybridized carbons (Fsp3) is 0.621. The fourth-order valence-corrected chi connectivity index (χ4v) is 5.57. The van der Waals surface area contributed by atoms with E-state index in [1.807, 2.05) is 32.0 Å². The third kappa shape index (κ3) is 5.63. The first-order valence-electron chi connectivity index (χ1n) is 12.8. The van der Waals surface area contributed by atoms with Crippen LogP contribution in [0, 0.1) is 5.92 Å². The van der Waals surface area contributed by atoms with Crippen LogP contribution < -0.4 is 9.47 Å². The number of carbonyl (C=O) groups excluding carboxylic acids is 1. The minimum Gasteiger partial charge on any atom is -0.493 e. The molecule has 0 bridgehead atoms. The molecule has 2 unspecified atom stereocenters. The van der Waals surface area contributed by atoms with Crippen LogP contribution in [0.15, 0.2) is 35.9 Å². The summed E-state index contributed by atoms with van der Waals surface area (Å²) in [4.78, 5) is 12.8. The first kappa shape index (κ1) is 26.7. The van der Waals surface area contributed by atoms with Gasteiger partial charge in [-0.1, -0.05) is 17.7 Å². The number of hydrogen-bond acceptors (Lipinski definition) is 7. The summed E-state index contributed by atoms with van der Waals surface area (Å²) in [6, 6.07) is 5.55. The van der Waals surface area contributed by atoms with E-state index in [4.69, 9.17) is 28.4 Å². The highest BCUT2D eigenvalue weighted by atomic mass is 16.6. The summed E-state index contributed by atoms with van der Waals surface area (Å²) < 4.78 is 35.3. The standard InChI is InChI=1S/C29H40O7/c1-18(2)8-12-24-28(5,36-24)27-26(32-7)22(14-15-29(27)17-33-29)35-25(30)13-10-20-9-11-21(31-6)23(16-20)34-19(3)4/h8-11,13,16,19,22,24,26-27H,12,14-15,17H2,1-7H3/b13-10+/t22-,24+,26-,27-,28?,29?/m1/s1. The van der Waals surface area contributed by atoms with Crippen molar-refractivity contribution in [2.75, 3.05) is 20.8 Å². The lowest BCUT2D eigenvalue weighted by Crippen LogP contribution is -2.55. The van der Waals surface area contributed by atoms with E-state index in [9.17, 15) is 4.79 Å². The van der Waals surface area contributed by atoms with Gasteiger partial charge in [-0.15, -0.1) is 0 Å². The average molecular weight is 501 g/mol. The molecule has 7 heteroatoms. The molecule has 3 aliphatic rings. The molecule has 198 valence electrons. The van der Waals surface area contributed by atoms with Gasteiger partial charge in [-0.25, -0.2) is 4.79 Å². The van der Waals surface area contributed by atoms with Crippen LogP contribution in [-0.4, -0.2) is 62.4 Å². The van der Waals surface area contributed by atoms with Crippen LogP contribution in [0.4, 0.5) is 0 Å². The monoisotopic (exact) mass is 500 g/mol. The number of rotatable bonds is 10. The second kappa shape index (κ2) is 10.6. The van der Waals surface area contributed by atoms with E-state index < -0.39 is 5.97 Å². The number of carbonyl (C=O) groups is 1. The third-order valence-corrected chi connectivity index (χ3v) is 7.47. The van der Waals surface area contributed by atoms with Gasteiger partial charge in [-0.3, -0.25) is 0 Å². The Kier molecular flexibility index (Phi) is 7.83. The molecule has 0 radical (unpaired) electrons. The summed E-state index contributed by atoms with van der Waals surface area (Å²) >= 11 is 0. The minimum absolute atomic E-state index is 0.00146. The van der Waals surface area contributed by atoms with Crippen molar-refractivity contribution in [3.63, 3.8) is 0 Å². The van der Waals surface area contributed by atoms with Crippen molar-refractivity contribution in [3.05, 3.63) is 41.5 Å². The van der Waals surface area contributed by atoms with Crippen molar-refractivity contribution >= 4 is 12.0 Å². The molecule has 4 rings (SSSR count). The van der Waals surface area contributed by atoms with Crippen LogP contribution in [0.2, 0.25) is 0 Å². The van der Waals surface area contributed by atoms with E-state index in [0.29, 0.717) is 24.5 Å². The zero-order valence-electron chi connectivity index (χ0n) is 22.5. The molecular weight excluding hydrogens is 460 g/mol. The Bertz CT molecular complexity index is 1000. The number of esters is 1. The molecule has 0 N–H and O–H groups in total. The van der Waals surface area contributed by atoms with Crippen molar-refractivity contribution in [2.45, 2.75) is 89.5 Å². The van der Waals surface area contributed by atoms with Crippen molar-refractivity contribution in [3.8, 4) is 11.5 Å². The van der Waals surface area contributed by atoms with E-state index in [1.54, 1.807) is 20.3 Å². The number of epoxide rings is 2. The molecule has 2 heterocycles. The minimum atomic E-state index is -0.404. The van der Waals surface area contributed by atoms with Crippen LogP contribution in [0.25, 0.3) is 6.08 Å². The number of allylic oxidation sites excluding steroid dienone is 1. The second-order valence-electron chi connectivity index (χ2n) is 10.8. The molecule has 1 spiro atoms. The van der Waals surface area contributed by atoms with Crippen molar-refractivity contribution in [1.29, 1.82) is 0 Å². The highest BCUT2D eigenvalue weighted by molar-refractivity contribution is 5.87. The van der Waals surface area contributed by atoms with E-state index in [0.717, 1.165) is 18.4 Å². The van der Waals surface area contributed by atoms with Crippen LogP contribution in [0.5, 0.6) is 11.5 Å². The smallest absolute Gasteiger partial charge is 0.331 e. The van der Waals surface area contributed by atoms with Crippen molar-refractivity contribution < 1.29 is 33.2 Å². The molecule has 36 heavy (non-hydrogen) atoms. The highest BCUT2D eigenvalue weighted by Gasteiger charge is 2.72. The van der Waals surface area contributed by atoms with E-state index in [1.165, 1.54) is 11.6 Å². The lowest BCUT2D eigenvalue weighted by atomic mass is 9.68. The van der Waals surface area contributed by atoms with Crippen LogP contribution in [0.3, 0.4) is 0 Å². The average Bonchev–Trinajstić information content (AvgIpc) is 3.74. The van der Waals surface area contributed by atoms with Gasteiger partial charge in [0.05, 0.1) is 31.8 Å². The van der Waals surface area contributed by atoms with Crippen molar-refractivity contribution in [1.82, 2.24) is 0 Å². The molecule has 2 saturated heterocycles. The molecule has 7 nitrogen and oxygen atoms in total. The summed E-state index contributed by atoms with van der Waals surface area (Å²) in [5, 5.41) is 0. The molecule has 6 atom stereocenters. The van der Waals surface area contributed by atoms with Crippen LogP contribution in [0.1, 0.15) is 59.4 Å². The summed E-state index contributed by atoms with van der Waals surface area (Å²) in [5.74, 6) is 0.874. The topological polar surface area (TPSA) is 79.1 Å². The Morgan fingerprint density at radius 1 is 1.22 bits per heavy atom. The third-order valence-electron chi connectivity index (χ3n) is 7.47. The fourth-order valence-electron chi connectivity index (χ4n) is 5.57. The first-order valence-corrected chi connectivity index (χ1v) is 12.8. The van der Waals surface area contributed by atoms with Crippen LogP contribution >= 0.6 is 0 Å². The van der Waals surface area contributed by atoms with Gasteiger partial charge in [0.25, 0.3) is 0 Å². The Balaban J connectivity index is 1.44. The highest BCUT2D eigenvalue weighted by Crippen LogP contribution is 2.59. The number of hydrogen-bond donors (Lipinski definition) is 0. The largest absolute Gasteiger partial charge is 0.493 e. The molecule has 1 aromatic carbocycles. The zero-order chi connectivity index (χ0) is 26.1. The van der Waals surface area contributed by atoms with Crippen molar-refractivity contribution in [2.24, 2.45) is 5.92 Å². The first-order chi connectivity index (χ1) is 17.1. The van der Waals surface area contributed by atoms with E-state index in [2.05, 4.69) is 26.8 Å². The van der Waals surface area contributed by atoms with Crippen LogP contribution in [-0.2, 0) is 23.7 Å². The lowest BCUT2D eigenvalue weighted by molar-refractivity contribution is -0.166. The molecule has 0 aromatic heterocycles. The predicted molar refractivity (Wildman–Crippen MR) is 137 cm³/mol. The van der Waals surface area contributed by atoms with Gasteiger partial charge in [0.2, 0.25) is 0 Å². The molecule has 0 amide bonds. The van der Waals surface area contributed by atoms with Gasteiger partial charge in [-0.2, -0.15) is 0 Å². The molecular formula is C29H40O7.